The molecule has 1 aromatic carbocycles. The molecule has 0 saturated carbocycles. The third kappa shape index (κ3) is 3.40. The highest BCUT2D eigenvalue weighted by Crippen LogP contribution is 2.22. The van der Waals surface area contributed by atoms with E-state index in [1.54, 1.807) is 12.1 Å². The molecule has 2 rings (SSSR count). The van der Waals surface area contributed by atoms with E-state index in [1.807, 2.05) is 4.90 Å². The predicted molar refractivity (Wildman–Crippen MR) is 80.1 cm³/mol. The average molecular weight is 296 g/mol. The zero-order valence-electron chi connectivity index (χ0n) is 11.6. The van der Waals surface area contributed by atoms with E-state index in [9.17, 15) is 9.18 Å². The highest BCUT2D eigenvalue weighted by atomic mass is 35.5. The standard InChI is InChI=1S/C16H19ClFNO/c1-2-12-6-3-4-11-19(12)16(20)10-9-13-14(17)7-5-8-15(13)18/h5,7-10,12H,2-4,6,11H2,1H3. The van der Waals surface area contributed by atoms with Crippen molar-refractivity contribution in [3.8, 4) is 0 Å². The van der Waals surface area contributed by atoms with Crippen LogP contribution in [0.4, 0.5) is 4.39 Å². The lowest BCUT2D eigenvalue weighted by Gasteiger charge is -2.34. The summed E-state index contributed by atoms with van der Waals surface area (Å²) in [7, 11) is 0. The van der Waals surface area contributed by atoms with Gasteiger partial charge in [0.2, 0.25) is 5.91 Å². The van der Waals surface area contributed by atoms with Crippen molar-refractivity contribution in [2.45, 2.75) is 38.6 Å². The molecule has 4 heteroatoms. The van der Waals surface area contributed by atoms with Gasteiger partial charge in [0.15, 0.2) is 0 Å². The largest absolute Gasteiger partial charge is 0.336 e. The first-order valence-electron chi connectivity index (χ1n) is 7.06. The van der Waals surface area contributed by atoms with Gasteiger partial charge < -0.3 is 4.90 Å². The summed E-state index contributed by atoms with van der Waals surface area (Å²) >= 11 is 5.94. The molecule has 1 unspecified atom stereocenters. The van der Waals surface area contributed by atoms with Crippen molar-refractivity contribution in [2.75, 3.05) is 6.54 Å². The topological polar surface area (TPSA) is 20.3 Å². The third-order valence-corrected chi connectivity index (χ3v) is 4.10. The molecule has 1 aromatic rings. The average Bonchev–Trinajstić information content (AvgIpc) is 2.46. The van der Waals surface area contributed by atoms with Gasteiger partial charge in [-0.15, -0.1) is 0 Å². The summed E-state index contributed by atoms with van der Waals surface area (Å²) < 4.78 is 13.6. The predicted octanol–water partition coefficient (Wildman–Crippen LogP) is 4.28. The molecule has 0 N–H and O–H groups in total. The molecule has 1 amide bonds. The molecule has 1 aliphatic heterocycles. The molecule has 0 radical (unpaired) electrons. The Kier molecular flexibility index (Phi) is 5.18. The minimum absolute atomic E-state index is 0.0594. The van der Waals surface area contributed by atoms with Gasteiger partial charge in [-0.2, -0.15) is 0 Å². The number of hydrogen-bond acceptors (Lipinski definition) is 1. The van der Waals surface area contributed by atoms with Crippen molar-refractivity contribution >= 4 is 23.6 Å². The van der Waals surface area contributed by atoms with Crippen LogP contribution in [0.3, 0.4) is 0 Å². The monoisotopic (exact) mass is 295 g/mol. The van der Waals surface area contributed by atoms with Crippen LogP contribution in [0.5, 0.6) is 0 Å². The van der Waals surface area contributed by atoms with Gasteiger partial charge >= 0.3 is 0 Å². The first-order chi connectivity index (χ1) is 9.63. The van der Waals surface area contributed by atoms with Gasteiger partial charge in [0.25, 0.3) is 0 Å². The molecule has 0 aliphatic carbocycles. The van der Waals surface area contributed by atoms with Crippen molar-refractivity contribution in [1.82, 2.24) is 4.90 Å². The summed E-state index contributed by atoms with van der Waals surface area (Å²) in [5, 5.41) is 0.319. The Morgan fingerprint density at radius 3 is 3.00 bits per heavy atom. The Morgan fingerprint density at radius 1 is 1.50 bits per heavy atom. The first kappa shape index (κ1) is 15.0. The SMILES string of the molecule is CCC1CCCCN1C(=O)C=Cc1c(F)cccc1Cl. The summed E-state index contributed by atoms with van der Waals surface area (Å²) in [5.74, 6) is -0.469. The summed E-state index contributed by atoms with van der Waals surface area (Å²) in [6, 6.07) is 4.81. The Labute approximate surface area is 124 Å². The van der Waals surface area contributed by atoms with Crippen molar-refractivity contribution in [3.05, 3.63) is 40.7 Å². The molecule has 108 valence electrons. The molecular formula is C16H19ClFNO. The quantitative estimate of drug-likeness (QED) is 0.762. The van der Waals surface area contributed by atoms with Crippen LogP contribution in [-0.4, -0.2) is 23.4 Å². The maximum atomic E-state index is 13.6. The number of carbonyl (C=O) groups is 1. The zero-order chi connectivity index (χ0) is 14.5. The Bertz CT molecular complexity index is 495. The van der Waals surface area contributed by atoms with Crippen molar-refractivity contribution in [3.63, 3.8) is 0 Å². The van der Waals surface area contributed by atoms with Gasteiger partial charge in [0.05, 0.1) is 5.02 Å². The molecule has 1 aliphatic rings. The summed E-state index contributed by atoms with van der Waals surface area (Å²) in [4.78, 5) is 14.1. The molecule has 0 aromatic heterocycles. The van der Waals surface area contributed by atoms with Gasteiger partial charge in [-0.25, -0.2) is 4.39 Å². The van der Waals surface area contributed by atoms with Gasteiger partial charge in [0, 0.05) is 24.2 Å². The summed E-state index contributed by atoms with van der Waals surface area (Å²) in [6.45, 7) is 2.88. The minimum Gasteiger partial charge on any atom is -0.336 e. The van der Waals surface area contributed by atoms with Crippen LogP contribution in [0.15, 0.2) is 24.3 Å². The zero-order valence-corrected chi connectivity index (χ0v) is 12.4. The molecule has 1 atom stereocenters. The van der Waals surface area contributed by atoms with Crippen LogP contribution in [0.1, 0.15) is 38.2 Å². The number of benzene rings is 1. The lowest BCUT2D eigenvalue weighted by molar-refractivity contribution is -0.129. The third-order valence-electron chi connectivity index (χ3n) is 3.77. The number of amides is 1. The number of carbonyl (C=O) groups excluding carboxylic acids is 1. The second kappa shape index (κ2) is 6.89. The lowest BCUT2D eigenvalue weighted by Crippen LogP contribution is -2.42. The van der Waals surface area contributed by atoms with Crippen LogP contribution in [-0.2, 0) is 4.79 Å². The molecule has 1 saturated heterocycles. The lowest BCUT2D eigenvalue weighted by atomic mass is 10.00. The molecule has 1 heterocycles. The fraction of sp³-hybridized carbons (Fsp3) is 0.438. The van der Waals surface area contributed by atoms with Gasteiger partial charge in [0.1, 0.15) is 5.82 Å². The number of nitrogens with zero attached hydrogens (tertiary/aromatic N) is 1. The highest BCUT2D eigenvalue weighted by Gasteiger charge is 2.23. The van der Waals surface area contributed by atoms with Crippen LogP contribution in [0.2, 0.25) is 5.02 Å². The number of halogens is 2. The van der Waals surface area contributed by atoms with Crippen LogP contribution < -0.4 is 0 Å². The maximum absolute atomic E-state index is 13.6. The second-order valence-electron chi connectivity index (χ2n) is 5.06. The fourth-order valence-corrected chi connectivity index (χ4v) is 2.86. The summed E-state index contributed by atoms with van der Waals surface area (Å²) in [6.07, 6.45) is 7.12. The second-order valence-corrected chi connectivity index (χ2v) is 5.47. The van der Waals surface area contributed by atoms with Gasteiger partial charge in [-0.1, -0.05) is 24.6 Å². The van der Waals surface area contributed by atoms with E-state index in [4.69, 9.17) is 11.6 Å². The van der Waals surface area contributed by atoms with Gasteiger partial charge in [-0.3, -0.25) is 4.79 Å². The van der Waals surface area contributed by atoms with Crippen LogP contribution in [0.25, 0.3) is 6.08 Å². The highest BCUT2D eigenvalue weighted by molar-refractivity contribution is 6.32. The normalized spacial score (nSPS) is 19.6. The fourth-order valence-electron chi connectivity index (χ4n) is 2.64. The van der Waals surface area contributed by atoms with Crippen molar-refractivity contribution < 1.29 is 9.18 Å². The van der Waals surface area contributed by atoms with E-state index < -0.39 is 5.82 Å². The Balaban J connectivity index is 2.12. The molecule has 1 fully saturated rings. The van der Waals surface area contributed by atoms with Crippen LogP contribution in [0, 0.1) is 5.82 Å². The molecular weight excluding hydrogens is 277 g/mol. The number of rotatable bonds is 3. The molecule has 0 spiro atoms. The van der Waals surface area contributed by atoms with E-state index in [2.05, 4.69) is 6.92 Å². The van der Waals surface area contributed by atoms with E-state index in [0.717, 1.165) is 25.8 Å². The number of piperidine rings is 1. The maximum Gasteiger partial charge on any atom is 0.246 e. The van der Waals surface area contributed by atoms with E-state index in [-0.39, 0.29) is 11.5 Å². The Morgan fingerprint density at radius 2 is 2.30 bits per heavy atom. The van der Waals surface area contributed by atoms with Crippen molar-refractivity contribution in [1.29, 1.82) is 0 Å². The van der Waals surface area contributed by atoms with Gasteiger partial charge in [-0.05, 0) is 43.9 Å². The molecule has 2 nitrogen and oxygen atoms in total. The summed E-state index contributed by atoms with van der Waals surface area (Å²) in [5.41, 5.74) is 0.271. The van der Waals surface area contributed by atoms with E-state index >= 15 is 0 Å². The number of hydrogen-bond donors (Lipinski definition) is 0. The van der Waals surface area contributed by atoms with Crippen molar-refractivity contribution in [2.24, 2.45) is 0 Å². The van der Waals surface area contributed by atoms with E-state index in [0.29, 0.717) is 11.1 Å². The smallest absolute Gasteiger partial charge is 0.246 e. The van der Waals surface area contributed by atoms with E-state index in [1.165, 1.54) is 24.6 Å². The van der Waals surface area contributed by atoms with Crippen LogP contribution >= 0.6 is 11.6 Å². The number of likely N-dealkylation sites (tertiary alicyclic amines) is 1. The minimum atomic E-state index is -0.410. The Hall–Kier alpha value is -1.35. The molecule has 20 heavy (non-hydrogen) atoms. The first-order valence-corrected chi connectivity index (χ1v) is 7.44. The molecule has 0 bridgehead atoms.